The Morgan fingerprint density at radius 2 is 2.00 bits per heavy atom. The molecule has 0 bridgehead atoms. The minimum absolute atomic E-state index is 0.189. The molecule has 0 aliphatic carbocycles. The molecule has 11 heavy (non-hydrogen) atoms. The number of nitrogens with zero attached hydrogens (tertiary/aromatic N) is 1. The molecule has 1 aliphatic rings. The molecule has 1 aliphatic heterocycles. The summed E-state index contributed by atoms with van der Waals surface area (Å²) in [4.78, 5) is 12.7. The normalized spacial score (nSPS) is 22.0. The molecular weight excluding hydrogens is 142 g/mol. The third kappa shape index (κ3) is 2.99. The van der Waals surface area contributed by atoms with Crippen molar-refractivity contribution in [2.75, 3.05) is 19.6 Å². The summed E-state index contributed by atoms with van der Waals surface area (Å²) in [7, 11) is 0. The topological polar surface area (TPSA) is 40.2 Å². The minimum Gasteiger partial charge on any atom is -0.299 e. The molecule has 0 N–H and O–H groups in total. The largest absolute Gasteiger partial charge is 0.299 e. The second-order valence-electron chi connectivity index (χ2n) is 3.18. The van der Waals surface area contributed by atoms with E-state index in [9.17, 15) is 9.90 Å². The number of Topliss-reactive ketones (excluding diaryl/α,β-unsaturated/α-hetero) is 1. The Morgan fingerprint density at radius 3 is 2.45 bits per heavy atom. The van der Waals surface area contributed by atoms with Crippen molar-refractivity contribution in [1.82, 2.24) is 4.90 Å². The highest BCUT2D eigenvalue weighted by atomic mass is 16.3. The highest BCUT2D eigenvalue weighted by molar-refractivity contribution is 5.77. The fraction of sp³-hybridized carbons (Fsp3) is 0.875. The summed E-state index contributed by atoms with van der Waals surface area (Å²) in [5.41, 5.74) is 0. The molecule has 0 aromatic rings. The van der Waals surface area contributed by atoms with Gasteiger partial charge in [0, 0.05) is 13.1 Å². The molecule has 0 aromatic heterocycles. The van der Waals surface area contributed by atoms with Crippen LogP contribution in [0.4, 0.5) is 0 Å². The quantitative estimate of drug-likeness (QED) is 0.583. The van der Waals surface area contributed by atoms with Crippen LogP contribution in [0.15, 0.2) is 0 Å². The number of ketones is 1. The van der Waals surface area contributed by atoms with Crippen LogP contribution >= 0.6 is 0 Å². The second kappa shape index (κ2) is 3.83. The van der Waals surface area contributed by atoms with Gasteiger partial charge < -0.3 is 0 Å². The van der Waals surface area contributed by atoms with E-state index < -0.39 is 6.10 Å². The van der Waals surface area contributed by atoms with Gasteiger partial charge in [-0.25, -0.2) is 5.11 Å². The van der Waals surface area contributed by atoms with Gasteiger partial charge in [-0.05, 0) is 19.8 Å². The van der Waals surface area contributed by atoms with Gasteiger partial charge in [-0.1, -0.05) is 0 Å². The molecule has 0 atom stereocenters. The molecule has 3 heteroatoms. The molecule has 0 spiro atoms. The van der Waals surface area contributed by atoms with E-state index in [1.54, 1.807) is 6.92 Å². The summed E-state index contributed by atoms with van der Waals surface area (Å²) >= 11 is 0. The van der Waals surface area contributed by atoms with E-state index in [-0.39, 0.29) is 5.78 Å². The standard InChI is InChI=1S/C8H14NO2/c1-7(10)6-9-4-2-8(11)3-5-9/h8H,2-6H2,1H3. The first-order valence-corrected chi connectivity index (χ1v) is 4.06. The molecule has 1 saturated heterocycles. The van der Waals surface area contributed by atoms with Gasteiger partial charge in [0.2, 0.25) is 0 Å². The maximum atomic E-state index is 10.9. The number of hydrogen-bond acceptors (Lipinski definition) is 2. The minimum atomic E-state index is -0.391. The lowest BCUT2D eigenvalue weighted by molar-refractivity contribution is -0.118. The fourth-order valence-corrected chi connectivity index (χ4v) is 1.38. The van der Waals surface area contributed by atoms with Gasteiger partial charge in [-0.15, -0.1) is 0 Å². The molecule has 0 unspecified atom stereocenters. The highest BCUT2D eigenvalue weighted by Crippen LogP contribution is 2.09. The predicted molar refractivity (Wildman–Crippen MR) is 40.8 cm³/mol. The summed E-state index contributed by atoms with van der Waals surface area (Å²) in [6.45, 7) is 3.71. The lowest BCUT2D eigenvalue weighted by Crippen LogP contribution is -2.38. The molecule has 1 rings (SSSR count). The lowest BCUT2D eigenvalue weighted by atomic mass is 10.1. The zero-order valence-electron chi connectivity index (χ0n) is 6.88. The number of piperidine rings is 1. The van der Waals surface area contributed by atoms with Crippen molar-refractivity contribution >= 4 is 5.78 Å². The molecule has 1 fully saturated rings. The van der Waals surface area contributed by atoms with Crippen molar-refractivity contribution in [3.05, 3.63) is 0 Å². The number of carbonyl (C=O) groups is 1. The Balaban J connectivity index is 2.22. The van der Waals surface area contributed by atoms with Crippen molar-refractivity contribution in [2.45, 2.75) is 25.9 Å². The molecule has 3 nitrogen and oxygen atoms in total. The van der Waals surface area contributed by atoms with Gasteiger partial charge in [0.25, 0.3) is 0 Å². The zero-order valence-corrected chi connectivity index (χ0v) is 6.88. The van der Waals surface area contributed by atoms with Crippen LogP contribution in [0.1, 0.15) is 19.8 Å². The molecule has 63 valence electrons. The van der Waals surface area contributed by atoms with Crippen molar-refractivity contribution < 1.29 is 9.90 Å². The molecule has 1 heterocycles. The number of hydrogen-bond donors (Lipinski definition) is 0. The number of rotatable bonds is 2. The summed E-state index contributed by atoms with van der Waals surface area (Å²) in [6.07, 6.45) is 1.01. The Morgan fingerprint density at radius 1 is 1.45 bits per heavy atom. The third-order valence-corrected chi connectivity index (χ3v) is 1.98. The molecule has 0 aromatic carbocycles. The average Bonchev–Trinajstić information content (AvgIpc) is 1.93. The van der Waals surface area contributed by atoms with Gasteiger partial charge in [-0.2, -0.15) is 0 Å². The first kappa shape index (κ1) is 8.68. The van der Waals surface area contributed by atoms with Crippen LogP contribution in [0.2, 0.25) is 0 Å². The molecule has 0 amide bonds. The van der Waals surface area contributed by atoms with Crippen LogP contribution in [0, 0.1) is 0 Å². The Labute approximate surface area is 67.0 Å². The Hall–Kier alpha value is -0.410. The first-order valence-electron chi connectivity index (χ1n) is 4.06. The van der Waals surface area contributed by atoms with E-state index in [0.29, 0.717) is 19.4 Å². The first-order chi connectivity index (χ1) is 5.18. The average molecular weight is 156 g/mol. The van der Waals surface area contributed by atoms with Gasteiger partial charge >= 0.3 is 0 Å². The van der Waals surface area contributed by atoms with Crippen LogP contribution in [0.25, 0.3) is 0 Å². The van der Waals surface area contributed by atoms with E-state index in [1.807, 2.05) is 0 Å². The van der Waals surface area contributed by atoms with Crippen LogP contribution in [0.3, 0.4) is 0 Å². The van der Waals surface area contributed by atoms with Crippen LogP contribution in [0.5, 0.6) is 0 Å². The molecule has 0 saturated carbocycles. The Bertz CT molecular complexity index is 139. The van der Waals surface area contributed by atoms with E-state index in [2.05, 4.69) is 4.90 Å². The van der Waals surface area contributed by atoms with E-state index in [0.717, 1.165) is 13.1 Å². The summed E-state index contributed by atoms with van der Waals surface area (Å²) in [5.74, 6) is 0.189. The van der Waals surface area contributed by atoms with Crippen molar-refractivity contribution in [3.63, 3.8) is 0 Å². The number of carbonyl (C=O) groups excluding carboxylic acids is 1. The van der Waals surface area contributed by atoms with Crippen LogP contribution < -0.4 is 0 Å². The highest BCUT2D eigenvalue weighted by Gasteiger charge is 2.18. The maximum absolute atomic E-state index is 10.9. The van der Waals surface area contributed by atoms with Crippen LogP contribution in [-0.4, -0.2) is 36.4 Å². The summed E-state index contributed by atoms with van der Waals surface area (Å²) < 4.78 is 0. The lowest BCUT2D eigenvalue weighted by Gasteiger charge is -2.27. The van der Waals surface area contributed by atoms with Crippen molar-refractivity contribution in [3.8, 4) is 0 Å². The van der Waals surface area contributed by atoms with Gasteiger partial charge in [-0.3, -0.25) is 9.69 Å². The van der Waals surface area contributed by atoms with Gasteiger partial charge in [0.1, 0.15) is 5.78 Å². The fourth-order valence-electron chi connectivity index (χ4n) is 1.38. The summed E-state index contributed by atoms with van der Waals surface area (Å²) in [5, 5.41) is 10.9. The van der Waals surface area contributed by atoms with Gasteiger partial charge in [0.15, 0.2) is 0 Å². The monoisotopic (exact) mass is 156 g/mol. The second-order valence-corrected chi connectivity index (χ2v) is 3.18. The zero-order chi connectivity index (χ0) is 8.27. The van der Waals surface area contributed by atoms with E-state index >= 15 is 0 Å². The van der Waals surface area contributed by atoms with Gasteiger partial charge in [0.05, 0.1) is 12.6 Å². The SMILES string of the molecule is CC(=O)CN1CCC([O])CC1. The van der Waals surface area contributed by atoms with E-state index in [1.165, 1.54) is 0 Å². The Kier molecular flexibility index (Phi) is 3.02. The maximum Gasteiger partial charge on any atom is 0.143 e. The third-order valence-electron chi connectivity index (χ3n) is 1.98. The van der Waals surface area contributed by atoms with E-state index in [4.69, 9.17) is 0 Å². The van der Waals surface area contributed by atoms with Crippen molar-refractivity contribution in [2.24, 2.45) is 0 Å². The predicted octanol–water partition coefficient (Wildman–Crippen LogP) is 0.470. The smallest absolute Gasteiger partial charge is 0.143 e. The summed E-state index contributed by atoms with van der Waals surface area (Å²) in [6, 6.07) is 0. The van der Waals surface area contributed by atoms with Crippen LogP contribution in [-0.2, 0) is 9.90 Å². The molecular formula is C8H14NO2. The molecule has 1 radical (unpaired) electrons. The van der Waals surface area contributed by atoms with Crippen molar-refractivity contribution in [1.29, 1.82) is 0 Å². The number of likely N-dealkylation sites (tertiary alicyclic amines) is 1.